The summed E-state index contributed by atoms with van der Waals surface area (Å²) in [6.07, 6.45) is 7.69. The second-order valence-electron chi connectivity index (χ2n) is 5.49. The van der Waals surface area contributed by atoms with E-state index in [1.54, 1.807) is 0 Å². The van der Waals surface area contributed by atoms with Crippen LogP contribution in [0.1, 0.15) is 32.6 Å². The minimum atomic E-state index is 0.413. The van der Waals surface area contributed by atoms with E-state index in [-0.39, 0.29) is 0 Å². The fraction of sp³-hybridized carbons (Fsp3) is 1.00. The molecule has 96 valence electrons. The van der Waals surface area contributed by atoms with Gasteiger partial charge in [0.25, 0.3) is 0 Å². The number of likely N-dealkylation sites (N-methyl/N-ethyl adjacent to an activating group) is 1. The Hall–Kier alpha value is 0.270. The van der Waals surface area contributed by atoms with Gasteiger partial charge < -0.3 is 10.2 Å². The van der Waals surface area contributed by atoms with E-state index >= 15 is 0 Å². The van der Waals surface area contributed by atoms with Gasteiger partial charge >= 0.3 is 0 Å². The predicted molar refractivity (Wildman–Crippen MR) is 75.3 cm³/mol. The van der Waals surface area contributed by atoms with Crippen molar-refractivity contribution in [3.63, 3.8) is 0 Å². The van der Waals surface area contributed by atoms with Crippen LogP contribution in [0.15, 0.2) is 0 Å². The summed E-state index contributed by atoms with van der Waals surface area (Å²) in [6.45, 7) is 4.70. The van der Waals surface area contributed by atoms with Crippen LogP contribution in [0.2, 0.25) is 0 Å². The summed E-state index contributed by atoms with van der Waals surface area (Å²) >= 11 is 1.92. The van der Waals surface area contributed by atoms with Crippen LogP contribution in [0, 0.1) is 5.92 Å². The molecule has 0 aromatic heterocycles. The first-order valence-electron chi connectivity index (χ1n) is 6.48. The van der Waals surface area contributed by atoms with Crippen molar-refractivity contribution in [2.45, 2.75) is 38.1 Å². The molecule has 0 amide bonds. The molecule has 1 aliphatic carbocycles. The monoisotopic (exact) mass is 244 g/mol. The lowest BCUT2D eigenvalue weighted by Gasteiger charge is -2.45. The molecule has 3 heteroatoms. The highest BCUT2D eigenvalue weighted by molar-refractivity contribution is 7.98. The van der Waals surface area contributed by atoms with E-state index in [0.29, 0.717) is 5.54 Å². The van der Waals surface area contributed by atoms with Gasteiger partial charge in [-0.2, -0.15) is 11.8 Å². The first-order valence-corrected chi connectivity index (χ1v) is 7.87. The zero-order valence-electron chi connectivity index (χ0n) is 11.4. The van der Waals surface area contributed by atoms with E-state index in [9.17, 15) is 0 Å². The molecule has 1 fully saturated rings. The van der Waals surface area contributed by atoms with Crippen LogP contribution in [0.4, 0.5) is 0 Å². The SMILES string of the molecule is CSCCNCC1(N(C)C)CCCC(C)C1. The van der Waals surface area contributed by atoms with Crippen molar-refractivity contribution in [2.24, 2.45) is 5.92 Å². The Morgan fingerprint density at radius 1 is 1.44 bits per heavy atom. The summed E-state index contributed by atoms with van der Waals surface area (Å²) in [4.78, 5) is 2.45. The maximum atomic E-state index is 3.64. The molecule has 0 aromatic rings. The molecule has 1 N–H and O–H groups in total. The van der Waals surface area contributed by atoms with Gasteiger partial charge in [0.1, 0.15) is 0 Å². The summed E-state index contributed by atoms with van der Waals surface area (Å²) in [5.41, 5.74) is 0.413. The van der Waals surface area contributed by atoms with Crippen LogP contribution in [-0.2, 0) is 0 Å². The third-order valence-electron chi connectivity index (χ3n) is 3.95. The molecule has 2 atom stereocenters. The molecule has 0 saturated heterocycles. The third kappa shape index (κ3) is 3.94. The highest BCUT2D eigenvalue weighted by Crippen LogP contribution is 2.35. The molecule has 0 heterocycles. The lowest BCUT2D eigenvalue weighted by Crippen LogP contribution is -2.54. The Labute approximate surface area is 106 Å². The van der Waals surface area contributed by atoms with Gasteiger partial charge in [-0.25, -0.2) is 0 Å². The summed E-state index contributed by atoms with van der Waals surface area (Å²) < 4.78 is 0. The Bertz CT molecular complexity index is 196. The molecular formula is C13H28N2S. The fourth-order valence-corrected chi connectivity index (χ4v) is 3.20. The van der Waals surface area contributed by atoms with Crippen molar-refractivity contribution in [3.05, 3.63) is 0 Å². The average molecular weight is 244 g/mol. The van der Waals surface area contributed by atoms with E-state index in [4.69, 9.17) is 0 Å². The third-order valence-corrected chi connectivity index (χ3v) is 4.57. The van der Waals surface area contributed by atoms with E-state index in [1.165, 1.54) is 31.4 Å². The second-order valence-corrected chi connectivity index (χ2v) is 6.48. The molecule has 0 bridgehead atoms. The first kappa shape index (κ1) is 14.3. The van der Waals surface area contributed by atoms with Crippen molar-refractivity contribution in [1.29, 1.82) is 0 Å². The molecule has 16 heavy (non-hydrogen) atoms. The fourth-order valence-electron chi connectivity index (χ4n) is 2.85. The zero-order valence-corrected chi connectivity index (χ0v) is 12.2. The molecule has 0 aromatic carbocycles. The molecule has 1 aliphatic rings. The lowest BCUT2D eigenvalue weighted by atomic mass is 9.75. The molecule has 0 spiro atoms. The Balaban J connectivity index is 2.45. The summed E-state index contributed by atoms with van der Waals surface area (Å²) in [7, 11) is 4.49. The van der Waals surface area contributed by atoms with Gasteiger partial charge in [0.05, 0.1) is 0 Å². The number of hydrogen-bond acceptors (Lipinski definition) is 3. The molecule has 1 saturated carbocycles. The van der Waals surface area contributed by atoms with E-state index in [0.717, 1.165) is 19.0 Å². The smallest absolute Gasteiger partial charge is 0.0330 e. The zero-order chi connectivity index (χ0) is 12.0. The van der Waals surface area contributed by atoms with Gasteiger partial charge in [0.15, 0.2) is 0 Å². The van der Waals surface area contributed by atoms with Gasteiger partial charge in [0.2, 0.25) is 0 Å². The van der Waals surface area contributed by atoms with Crippen molar-refractivity contribution in [2.75, 3.05) is 39.2 Å². The van der Waals surface area contributed by atoms with Crippen molar-refractivity contribution in [1.82, 2.24) is 10.2 Å². The minimum Gasteiger partial charge on any atom is -0.314 e. The first-order chi connectivity index (χ1) is 7.60. The van der Waals surface area contributed by atoms with Crippen molar-refractivity contribution in [3.8, 4) is 0 Å². The molecular weight excluding hydrogens is 216 g/mol. The molecule has 2 nitrogen and oxygen atoms in total. The predicted octanol–water partition coefficient (Wildman–Crippen LogP) is 2.45. The number of rotatable bonds is 6. The van der Waals surface area contributed by atoms with Crippen LogP contribution in [-0.4, -0.2) is 49.6 Å². The Kier molecular flexibility index (Phi) is 6.16. The van der Waals surface area contributed by atoms with Gasteiger partial charge in [-0.15, -0.1) is 0 Å². The summed E-state index contributed by atoms with van der Waals surface area (Å²) in [6, 6.07) is 0. The van der Waals surface area contributed by atoms with Crippen LogP contribution >= 0.6 is 11.8 Å². The molecule has 0 aliphatic heterocycles. The molecule has 2 unspecified atom stereocenters. The quantitative estimate of drug-likeness (QED) is 0.723. The highest BCUT2D eigenvalue weighted by atomic mass is 32.2. The van der Waals surface area contributed by atoms with Crippen molar-refractivity contribution < 1.29 is 0 Å². The highest BCUT2D eigenvalue weighted by Gasteiger charge is 2.36. The van der Waals surface area contributed by atoms with Crippen molar-refractivity contribution >= 4 is 11.8 Å². The molecule has 0 radical (unpaired) electrons. The summed E-state index contributed by atoms with van der Waals surface area (Å²) in [5.74, 6) is 2.11. The van der Waals surface area contributed by atoms with E-state index in [1.807, 2.05) is 11.8 Å². The van der Waals surface area contributed by atoms with Crippen LogP contribution < -0.4 is 5.32 Å². The Morgan fingerprint density at radius 3 is 2.75 bits per heavy atom. The Morgan fingerprint density at radius 2 is 2.19 bits per heavy atom. The number of nitrogens with one attached hydrogen (secondary N) is 1. The standard InChI is InChI=1S/C13H28N2S/c1-12-6-5-7-13(10-12,15(2)3)11-14-8-9-16-4/h12,14H,5-11H2,1-4H3. The number of nitrogens with zero attached hydrogens (tertiary/aromatic N) is 1. The lowest BCUT2D eigenvalue weighted by molar-refractivity contribution is 0.0759. The number of hydrogen-bond donors (Lipinski definition) is 1. The molecule has 1 rings (SSSR count). The van der Waals surface area contributed by atoms with Gasteiger partial charge in [-0.05, 0) is 39.1 Å². The number of thioether (sulfide) groups is 1. The minimum absolute atomic E-state index is 0.413. The average Bonchev–Trinajstić information content (AvgIpc) is 2.24. The second kappa shape index (κ2) is 6.87. The van der Waals surface area contributed by atoms with Gasteiger partial charge in [0, 0.05) is 24.4 Å². The van der Waals surface area contributed by atoms with Crippen LogP contribution in [0.5, 0.6) is 0 Å². The van der Waals surface area contributed by atoms with Gasteiger partial charge in [-0.3, -0.25) is 0 Å². The van der Waals surface area contributed by atoms with Crippen LogP contribution in [0.25, 0.3) is 0 Å². The summed E-state index contributed by atoms with van der Waals surface area (Å²) in [5, 5.41) is 3.64. The van der Waals surface area contributed by atoms with Crippen LogP contribution in [0.3, 0.4) is 0 Å². The largest absolute Gasteiger partial charge is 0.314 e. The van der Waals surface area contributed by atoms with E-state index < -0.39 is 0 Å². The maximum Gasteiger partial charge on any atom is 0.0330 e. The van der Waals surface area contributed by atoms with Gasteiger partial charge in [-0.1, -0.05) is 19.8 Å². The maximum absolute atomic E-state index is 3.64. The topological polar surface area (TPSA) is 15.3 Å². The van der Waals surface area contributed by atoms with E-state index in [2.05, 4.69) is 37.5 Å². The normalized spacial score (nSPS) is 30.9.